The molecule has 4 aliphatic rings. The first-order chi connectivity index (χ1) is 14.5. The summed E-state index contributed by atoms with van der Waals surface area (Å²) < 4.78 is 0. The van der Waals surface area contributed by atoms with Gasteiger partial charge in [-0.3, -0.25) is 0 Å². The molecule has 4 aliphatic carbocycles. The molecule has 180 valence electrons. The molecule has 0 aromatic heterocycles. The Morgan fingerprint density at radius 1 is 0.839 bits per heavy atom. The highest BCUT2D eigenvalue weighted by atomic mass is 16.3. The Morgan fingerprint density at radius 3 is 2.23 bits per heavy atom. The van der Waals surface area contributed by atoms with Crippen molar-refractivity contribution in [3.8, 4) is 0 Å². The summed E-state index contributed by atoms with van der Waals surface area (Å²) in [5.41, 5.74) is 0.494. The molecule has 31 heavy (non-hydrogen) atoms. The Balaban J connectivity index is 1.48. The van der Waals surface area contributed by atoms with Crippen molar-refractivity contribution in [3.05, 3.63) is 0 Å². The van der Waals surface area contributed by atoms with E-state index in [9.17, 15) is 10.2 Å². The highest BCUT2D eigenvalue weighted by molar-refractivity contribution is 5.11. The summed E-state index contributed by atoms with van der Waals surface area (Å²) in [4.78, 5) is 0. The molecule has 0 bridgehead atoms. The molecule has 2 nitrogen and oxygen atoms in total. The minimum atomic E-state index is -0.389. The number of hydrogen-bond donors (Lipinski definition) is 2. The zero-order chi connectivity index (χ0) is 22.6. The van der Waals surface area contributed by atoms with Gasteiger partial charge in [-0.15, -0.1) is 0 Å². The molecule has 4 fully saturated rings. The van der Waals surface area contributed by atoms with E-state index in [1.165, 1.54) is 44.9 Å². The third kappa shape index (κ3) is 4.05. The zero-order valence-electron chi connectivity index (χ0n) is 21.5. The fourth-order valence-electron chi connectivity index (χ4n) is 9.58. The molecule has 0 spiro atoms. The van der Waals surface area contributed by atoms with Gasteiger partial charge in [0.25, 0.3) is 0 Å². The number of hydrogen-bond acceptors (Lipinski definition) is 2. The Bertz CT molecular complexity index is 630. The van der Waals surface area contributed by atoms with Crippen LogP contribution in [-0.4, -0.2) is 21.9 Å². The summed E-state index contributed by atoms with van der Waals surface area (Å²) in [5, 5.41) is 22.0. The van der Waals surface area contributed by atoms with E-state index in [1.54, 1.807) is 0 Å². The van der Waals surface area contributed by atoms with Gasteiger partial charge in [-0.25, -0.2) is 0 Å². The third-order valence-electron chi connectivity index (χ3n) is 11.8. The van der Waals surface area contributed by atoms with Crippen molar-refractivity contribution >= 4 is 0 Å². The number of aliphatic hydroxyl groups is 2. The van der Waals surface area contributed by atoms with E-state index in [2.05, 4.69) is 41.5 Å². The van der Waals surface area contributed by atoms with Gasteiger partial charge in [-0.1, -0.05) is 41.5 Å². The molecule has 2 N–H and O–H groups in total. The van der Waals surface area contributed by atoms with Crippen LogP contribution in [0.4, 0.5) is 0 Å². The molecule has 10 atom stereocenters. The van der Waals surface area contributed by atoms with Crippen molar-refractivity contribution in [3.63, 3.8) is 0 Å². The molecule has 4 rings (SSSR count). The normalized spacial score (nSPS) is 49.3. The van der Waals surface area contributed by atoms with Crippen molar-refractivity contribution in [2.75, 3.05) is 0 Å². The maximum Gasteiger partial charge on any atom is 0.0648 e. The highest BCUT2D eigenvalue weighted by Crippen LogP contribution is 2.69. The van der Waals surface area contributed by atoms with Gasteiger partial charge in [0, 0.05) is 0 Å². The van der Waals surface area contributed by atoms with Crippen LogP contribution in [0.25, 0.3) is 0 Å². The Labute approximate surface area is 193 Å². The zero-order valence-corrected chi connectivity index (χ0v) is 21.5. The minimum absolute atomic E-state index is 0.126. The van der Waals surface area contributed by atoms with Gasteiger partial charge in [0.1, 0.15) is 0 Å². The smallest absolute Gasteiger partial charge is 0.0648 e. The number of rotatable bonds is 6. The van der Waals surface area contributed by atoms with E-state index in [-0.39, 0.29) is 11.7 Å². The van der Waals surface area contributed by atoms with Gasteiger partial charge in [-0.05, 0) is 129 Å². The Hall–Kier alpha value is -0.0800. The minimum Gasteiger partial charge on any atom is -0.393 e. The van der Waals surface area contributed by atoms with Crippen LogP contribution in [0.5, 0.6) is 0 Å². The largest absolute Gasteiger partial charge is 0.393 e. The van der Waals surface area contributed by atoms with Crippen molar-refractivity contribution in [1.82, 2.24) is 0 Å². The highest BCUT2D eigenvalue weighted by Gasteiger charge is 2.61. The van der Waals surface area contributed by atoms with E-state index in [1.807, 2.05) is 0 Å². The first-order valence-corrected chi connectivity index (χ1v) is 13.9. The van der Waals surface area contributed by atoms with Crippen LogP contribution < -0.4 is 0 Å². The number of aliphatic hydroxyl groups excluding tert-OH is 1. The molecule has 0 aromatic carbocycles. The van der Waals surface area contributed by atoms with Crippen LogP contribution in [-0.2, 0) is 0 Å². The lowest BCUT2D eigenvalue weighted by Crippen LogP contribution is -2.56. The van der Waals surface area contributed by atoms with Gasteiger partial charge in [0.05, 0.1) is 11.7 Å². The van der Waals surface area contributed by atoms with Crippen molar-refractivity contribution in [2.24, 2.45) is 52.3 Å². The topological polar surface area (TPSA) is 40.5 Å². The van der Waals surface area contributed by atoms with Crippen LogP contribution in [0.3, 0.4) is 0 Å². The fraction of sp³-hybridized carbons (Fsp3) is 1.00. The fourth-order valence-corrected chi connectivity index (χ4v) is 9.58. The van der Waals surface area contributed by atoms with Gasteiger partial charge < -0.3 is 10.2 Å². The SMILES string of the molecule is CC[C@]1(O)CC[C@@]2(C)C(CC[C@H]3[C@@H]4CC[C@H]([C@H](C)[C@@H](O)CCC(C)C)[C@@]4(C)CC[C@@H]32)C1. The second-order valence-electron chi connectivity index (χ2n) is 13.6. The summed E-state index contributed by atoms with van der Waals surface area (Å²) in [5.74, 6) is 5.16. The van der Waals surface area contributed by atoms with Crippen molar-refractivity contribution < 1.29 is 10.2 Å². The molecule has 0 aliphatic heterocycles. The van der Waals surface area contributed by atoms with E-state index in [0.29, 0.717) is 28.6 Å². The van der Waals surface area contributed by atoms with Crippen LogP contribution in [0.15, 0.2) is 0 Å². The van der Waals surface area contributed by atoms with Gasteiger partial charge >= 0.3 is 0 Å². The average Bonchev–Trinajstić information content (AvgIpc) is 3.09. The molecular weight excluding hydrogens is 380 g/mol. The van der Waals surface area contributed by atoms with Crippen LogP contribution in [0.2, 0.25) is 0 Å². The summed E-state index contributed by atoms with van der Waals surface area (Å²) in [7, 11) is 0. The molecule has 4 saturated carbocycles. The molecule has 0 saturated heterocycles. The first kappa shape index (κ1) is 24.1. The molecule has 0 aromatic rings. The van der Waals surface area contributed by atoms with Gasteiger partial charge in [-0.2, -0.15) is 0 Å². The molecule has 0 radical (unpaired) electrons. The molecule has 0 heterocycles. The summed E-state index contributed by atoms with van der Waals surface area (Å²) >= 11 is 0. The summed E-state index contributed by atoms with van der Waals surface area (Å²) in [6.07, 6.45) is 14.4. The average molecular weight is 433 g/mol. The monoisotopic (exact) mass is 432 g/mol. The van der Waals surface area contributed by atoms with Gasteiger partial charge in [0.15, 0.2) is 0 Å². The van der Waals surface area contributed by atoms with Crippen LogP contribution in [0, 0.1) is 52.3 Å². The summed E-state index contributed by atoms with van der Waals surface area (Å²) in [6, 6.07) is 0. The third-order valence-corrected chi connectivity index (χ3v) is 11.8. The van der Waals surface area contributed by atoms with Gasteiger partial charge in [0.2, 0.25) is 0 Å². The lowest BCUT2D eigenvalue weighted by molar-refractivity contribution is -0.154. The second kappa shape index (κ2) is 8.61. The molecule has 0 amide bonds. The standard InChI is InChI=1S/C29H52O2/c1-7-29(31)17-16-27(5)21(18-29)9-10-22-24-12-11-23(28(24,6)15-14-25(22)27)20(4)26(30)13-8-19(2)3/h19-26,30-31H,7-18H2,1-6H3/t20-,21?,22-,23+,24-,25-,26-,27-,28+,29-/m0/s1. The van der Waals surface area contributed by atoms with Crippen molar-refractivity contribution in [1.29, 1.82) is 0 Å². The van der Waals surface area contributed by atoms with Crippen molar-refractivity contribution in [2.45, 2.75) is 130 Å². The molecular formula is C29H52O2. The Kier molecular flexibility index (Phi) is 6.68. The molecule has 2 heteroatoms. The summed E-state index contributed by atoms with van der Waals surface area (Å²) in [6.45, 7) is 14.3. The van der Waals surface area contributed by atoms with E-state index >= 15 is 0 Å². The Morgan fingerprint density at radius 2 is 1.55 bits per heavy atom. The quantitative estimate of drug-likeness (QED) is 0.465. The van der Waals surface area contributed by atoms with E-state index in [0.717, 1.165) is 55.8 Å². The lowest BCUT2D eigenvalue weighted by atomic mass is 9.43. The lowest BCUT2D eigenvalue weighted by Gasteiger charge is -2.62. The first-order valence-electron chi connectivity index (χ1n) is 13.9. The predicted octanol–water partition coefficient (Wildman–Crippen LogP) is 7.22. The van der Waals surface area contributed by atoms with E-state index < -0.39 is 0 Å². The van der Waals surface area contributed by atoms with E-state index in [4.69, 9.17) is 0 Å². The van der Waals surface area contributed by atoms with Crippen LogP contribution in [0.1, 0.15) is 119 Å². The maximum absolute atomic E-state index is 11.0. The number of fused-ring (bicyclic) bond motifs is 5. The van der Waals surface area contributed by atoms with Crippen LogP contribution >= 0.6 is 0 Å². The maximum atomic E-state index is 11.0. The molecule has 1 unspecified atom stereocenters. The predicted molar refractivity (Wildman–Crippen MR) is 130 cm³/mol. The second-order valence-corrected chi connectivity index (χ2v) is 13.6.